The van der Waals surface area contributed by atoms with E-state index in [0.717, 1.165) is 53.9 Å². The molecular weight excluding hydrogens is 348 g/mol. The van der Waals surface area contributed by atoms with Gasteiger partial charge in [-0.2, -0.15) is 0 Å². The fourth-order valence-electron chi connectivity index (χ4n) is 4.41. The van der Waals surface area contributed by atoms with Crippen LogP contribution < -0.4 is 10.5 Å². The van der Waals surface area contributed by atoms with E-state index < -0.39 is 0 Å². The maximum absolute atomic E-state index is 12.9. The van der Waals surface area contributed by atoms with Crippen LogP contribution in [0.2, 0.25) is 0 Å². The topological polar surface area (TPSA) is 55.6 Å². The lowest BCUT2D eigenvalue weighted by atomic mass is 9.81. The number of likely N-dealkylation sites (tertiary alicyclic amines) is 1. The number of Topliss-reactive ketones (excluding diaryl/α,β-unsaturated/α-hetero) is 1. The Morgan fingerprint density at radius 1 is 1.07 bits per heavy atom. The van der Waals surface area contributed by atoms with Crippen molar-refractivity contribution in [3.63, 3.8) is 0 Å². The second kappa shape index (κ2) is 8.78. The summed E-state index contributed by atoms with van der Waals surface area (Å²) < 4.78 is 5.93. The first-order chi connectivity index (χ1) is 13.7. The van der Waals surface area contributed by atoms with E-state index in [1.807, 2.05) is 42.5 Å². The van der Waals surface area contributed by atoms with Crippen molar-refractivity contribution in [2.45, 2.75) is 45.1 Å². The highest BCUT2D eigenvalue weighted by Gasteiger charge is 2.28. The van der Waals surface area contributed by atoms with Gasteiger partial charge in [0.1, 0.15) is 12.4 Å². The van der Waals surface area contributed by atoms with Crippen LogP contribution in [0.25, 0.3) is 0 Å². The number of nitrogens with zero attached hydrogens (tertiary/aromatic N) is 1. The molecule has 4 rings (SSSR count). The number of piperidine rings is 1. The van der Waals surface area contributed by atoms with Gasteiger partial charge in [-0.1, -0.05) is 24.6 Å². The van der Waals surface area contributed by atoms with Crippen molar-refractivity contribution in [2.75, 3.05) is 25.4 Å². The summed E-state index contributed by atoms with van der Waals surface area (Å²) in [5, 5.41) is 0. The molecule has 148 valence electrons. The van der Waals surface area contributed by atoms with E-state index in [-0.39, 0.29) is 5.92 Å². The fourth-order valence-corrected chi connectivity index (χ4v) is 4.41. The summed E-state index contributed by atoms with van der Waals surface area (Å²) in [5.41, 5.74) is 9.72. The quantitative estimate of drug-likeness (QED) is 0.754. The van der Waals surface area contributed by atoms with Crippen LogP contribution in [0, 0.1) is 5.92 Å². The highest BCUT2D eigenvalue weighted by atomic mass is 16.5. The van der Waals surface area contributed by atoms with E-state index in [0.29, 0.717) is 12.4 Å². The molecule has 1 heterocycles. The smallest absolute Gasteiger partial charge is 0.166 e. The predicted molar refractivity (Wildman–Crippen MR) is 113 cm³/mol. The number of hydrogen-bond acceptors (Lipinski definition) is 4. The van der Waals surface area contributed by atoms with Gasteiger partial charge in [0.25, 0.3) is 0 Å². The first kappa shape index (κ1) is 19.0. The summed E-state index contributed by atoms with van der Waals surface area (Å²) in [5.74, 6) is 1.30. The average molecular weight is 379 g/mol. The number of carbonyl (C=O) groups excluding carboxylic acids is 1. The standard InChI is InChI=1S/C24H30N2O2/c25-23-7-3-2-6-20(23)17-28-21-10-11-22-19(16-21)9-8-18(24(22)27)12-15-26-13-4-1-5-14-26/h2-3,6-7,10-11,16,18H,1,4-5,8-9,12-15,17,25H2. The Labute approximate surface area is 167 Å². The van der Waals surface area contributed by atoms with Gasteiger partial charge in [-0.15, -0.1) is 0 Å². The first-order valence-corrected chi connectivity index (χ1v) is 10.6. The third-order valence-corrected chi connectivity index (χ3v) is 6.17. The van der Waals surface area contributed by atoms with E-state index in [9.17, 15) is 4.79 Å². The van der Waals surface area contributed by atoms with Gasteiger partial charge >= 0.3 is 0 Å². The lowest BCUT2D eigenvalue weighted by Crippen LogP contribution is -2.33. The van der Waals surface area contributed by atoms with Gasteiger partial charge in [0, 0.05) is 22.7 Å². The zero-order chi connectivity index (χ0) is 19.3. The Hall–Kier alpha value is -2.33. The van der Waals surface area contributed by atoms with E-state index in [1.165, 1.54) is 32.4 Å². The minimum atomic E-state index is 0.172. The molecule has 2 aromatic rings. The highest BCUT2D eigenvalue weighted by Crippen LogP contribution is 2.31. The number of ether oxygens (including phenoxy) is 1. The first-order valence-electron chi connectivity index (χ1n) is 10.6. The molecule has 2 aliphatic rings. The number of ketones is 1. The molecule has 2 aromatic carbocycles. The summed E-state index contributed by atoms with van der Waals surface area (Å²) in [6.45, 7) is 3.90. The summed E-state index contributed by atoms with van der Waals surface area (Å²) in [6.07, 6.45) is 6.86. The molecule has 28 heavy (non-hydrogen) atoms. The molecule has 1 fully saturated rings. The lowest BCUT2D eigenvalue weighted by Gasteiger charge is -2.29. The van der Waals surface area contributed by atoms with Gasteiger partial charge in [0.15, 0.2) is 5.78 Å². The van der Waals surface area contributed by atoms with Crippen LogP contribution in [0.5, 0.6) is 5.75 Å². The molecule has 0 spiro atoms. The number of nitrogens with two attached hydrogens (primary N) is 1. The van der Waals surface area contributed by atoms with Crippen molar-refractivity contribution in [1.82, 2.24) is 4.90 Å². The van der Waals surface area contributed by atoms with Crippen molar-refractivity contribution < 1.29 is 9.53 Å². The number of benzene rings is 2. The van der Waals surface area contributed by atoms with Gasteiger partial charge < -0.3 is 15.4 Å². The largest absolute Gasteiger partial charge is 0.489 e. The predicted octanol–water partition coefficient (Wildman–Crippen LogP) is 4.47. The van der Waals surface area contributed by atoms with Gasteiger partial charge in [-0.05, 0) is 81.6 Å². The SMILES string of the molecule is Nc1ccccc1COc1ccc2c(c1)CCC(CCN1CCCCC1)C2=O. The molecule has 1 unspecified atom stereocenters. The number of fused-ring (bicyclic) bond motifs is 1. The van der Waals surface area contributed by atoms with Crippen LogP contribution >= 0.6 is 0 Å². The van der Waals surface area contributed by atoms with E-state index in [2.05, 4.69) is 4.90 Å². The summed E-state index contributed by atoms with van der Waals surface area (Å²) in [6, 6.07) is 13.7. The van der Waals surface area contributed by atoms with Crippen molar-refractivity contribution in [1.29, 1.82) is 0 Å². The minimum absolute atomic E-state index is 0.172. The second-order valence-electron chi connectivity index (χ2n) is 8.10. The fraction of sp³-hybridized carbons (Fsp3) is 0.458. The molecule has 0 saturated carbocycles. The molecule has 1 aliphatic heterocycles. The van der Waals surface area contributed by atoms with Crippen LogP contribution in [0.15, 0.2) is 42.5 Å². The number of aryl methyl sites for hydroxylation is 1. The van der Waals surface area contributed by atoms with Crippen molar-refractivity contribution in [3.05, 3.63) is 59.2 Å². The third-order valence-electron chi connectivity index (χ3n) is 6.17. The number of nitrogen functional groups attached to an aromatic ring is 1. The maximum atomic E-state index is 12.9. The van der Waals surface area contributed by atoms with Gasteiger partial charge in [-0.3, -0.25) is 4.79 Å². The van der Waals surface area contributed by atoms with E-state index in [1.54, 1.807) is 0 Å². The molecule has 4 nitrogen and oxygen atoms in total. The molecule has 0 aromatic heterocycles. The zero-order valence-electron chi connectivity index (χ0n) is 16.5. The molecule has 1 atom stereocenters. The van der Waals surface area contributed by atoms with Crippen LogP contribution in [0.1, 0.15) is 53.6 Å². The second-order valence-corrected chi connectivity index (χ2v) is 8.10. The lowest BCUT2D eigenvalue weighted by molar-refractivity contribution is 0.0879. The van der Waals surface area contributed by atoms with Crippen molar-refractivity contribution >= 4 is 11.5 Å². The van der Waals surface area contributed by atoms with Crippen LogP contribution in [0.4, 0.5) is 5.69 Å². The average Bonchev–Trinajstić information content (AvgIpc) is 2.73. The number of anilines is 1. The van der Waals surface area contributed by atoms with Crippen molar-refractivity contribution in [2.24, 2.45) is 5.92 Å². The molecule has 4 heteroatoms. The molecule has 0 bridgehead atoms. The number of hydrogen-bond donors (Lipinski definition) is 1. The third kappa shape index (κ3) is 4.39. The van der Waals surface area contributed by atoms with Crippen LogP contribution in [-0.2, 0) is 13.0 Å². The Balaban J connectivity index is 1.36. The Morgan fingerprint density at radius 3 is 2.71 bits per heavy atom. The molecular formula is C24H30N2O2. The maximum Gasteiger partial charge on any atom is 0.166 e. The molecule has 1 aliphatic carbocycles. The van der Waals surface area contributed by atoms with Crippen molar-refractivity contribution in [3.8, 4) is 5.75 Å². The normalized spacial score (nSPS) is 20.0. The van der Waals surface area contributed by atoms with E-state index in [4.69, 9.17) is 10.5 Å². The van der Waals surface area contributed by atoms with Crippen LogP contribution in [0.3, 0.4) is 0 Å². The van der Waals surface area contributed by atoms with Gasteiger partial charge in [0.2, 0.25) is 0 Å². The Morgan fingerprint density at radius 2 is 1.89 bits per heavy atom. The Kier molecular flexibility index (Phi) is 5.96. The van der Waals surface area contributed by atoms with Gasteiger partial charge in [0.05, 0.1) is 0 Å². The van der Waals surface area contributed by atoms with Gasteiger partial charge in [-0.25, -0.2) is 0 Å². The number of para-hydroxylation sites is 1. The van der Waals surface area contributed by atoms with Crippen LogP contribution in [-0.4, -0.2) is 30.3 Å². The molecule has 1 saturated heterocycles. The van der Waals surface area contributed by atoms with E-state index >= 15 is 0 Å². The molecule has 0 amide bonds. The monoisotopic (exact) mass is 378 g/mol. The number of carbonyl (C=O) groups is 1. The molecule has 0 radical (unpaired) electrons. The molecule has 2 N–H and O–H groups in total. The zero-order valence-corrected chi connectivity index (χ0v) is 16.5. The summed E-state index contributed by atoms with van der Waals surface area (Å²) >= 11 is 0. The number of rotatable bonds is 6. The Bertz CT molecular complexity index is 827. The highest BCUT2D eigenvalue weighted by molar-refractivity contribution is 6.00. The summed E-state index contributed by atoms with van der Waals surface area (Å²) in [4.78, 5) is 15.5. The minimum Gasteiger partial charge on any atom is -0.489 e. The summed E-state index contributed by atoms with van der Waals surface area (Å²) in [7, 11) is 0.